The van der Waals surface area contributed by atoms with Gasteiger partial charge in [0, 0.05) is 24.0 Å². The van der Waals surface area contributed by atoms with Crippen molar-refractivity contribution in [1.82, 2.24) is 19.7 Å². The first-order valence-corrected chi connectivity index (χ1v) is 6.61. The Morgan fingerprint density at radius 2 is 2.05 bits per heavy atom. The van der Waals surface area contributed by atoms with Crippen LogP contribution in [-0.2, 0) is 7.05 Å². The van der Waals surface area contributed by atoms with Crippen molar-refractivity contribution in [3.05, 3.63) is 42.4 Å². The van der Waals surface area contributed by atoms with Gasteiger partial charge in [-0.3, -0.25) is 0 Å². The van der Waals surface area contributed by atoms with Gasteiger partial charge in [-0.2, -0.15) is 0 Å². The van der Waals surface area contributed by atoms with Gasteiger partial charge in [0.2, 0.25) is 0 Å². The lowest BCUT2D eigenvalue weighted by atomic mass is 10.1. The molecule has 0 saturated heterocycles. The van der Waals surface area contributed by atoms with Crippen LogP contribution in [0.4, 0.5) is 0 Å². The molecule has 0 aliphatic heterocycles. The second-order valence-electron chi connectivity index (χ2n) is 4.15. The predicted molar refractivity (Wildman–Crippen MR) is 73.8 cm³/mol. The third-order valence-corrected chi connectivity index (χ3v) is 3.92. The number of hydrogen-bond acceptors (Lipinski definition) is 5. The van der Waals surface area contributed by atoms with Gasteiger partial charge in [-0.05, 0) is 11.8 Å². The quantitative estimate of drug-likeness (QED) is 0.795. The normalized spacial score (nSPS) is 10.8. The standard InChI is InChI=1S/C13H10N4O2S/c1-17-7-15-16-13(17)20-11-9-5-3-2-4-8(9)10(6-14-11)12(18)19/h2-7H,1H3,(H,18,19). The molecule has 0 fully saturated rings. The van der Waals surface area contributed by atoms with E-state index in [2.05, 4.69) is 15.2 Å². The molecule has 1 aromatic carbocycles. The van der Waals surface area contributed by atoms with Crippen LogP contribution in [0.2, 0.25) is 0 Å². The summed E-state index contributed by atoms with van der Waals surface area (Å²) in [5, 5.41) is 19.9. The molecule has 0 aliphatic carbocycles. The summed E-state index contributed by atoms with van der Waals surface area (Å²) in [7, 11) is 1.84. The number of aromatic nitrogens is 4. The fraction of sp³-hybridized carbons (Fsp3) is 0.0769. The third-order valence-electron chi connectivity index (χ3n) is 2.85. The number of nitrogens with zero attached hydrogens (tertiary/aromatic N) is 4. The molecule has 1 N–H and O–H groups in total. The number of carboxylic acids is 1. The first-order chi connectivity index (χ1) is 9.66. The average molecular weight is 286 g/mol. The number of fused-ring (bicyclic) bond motifs is 1. The summed E-state index contributed by atoms with van der Waals surface area (Å²) >= 11 is 1.36. The van der Waals surface area contributed by atoms with E-state index in [1.807, 2.05) is 25.2 Å². The molecule has 3 aromatic rings. The Morgan fingerprint density at radius 1 is 1.30 bits per heavy atom. The van der Waals surface area contributed by atoms with E-state index in [-0.39, 0.29) is 5.56 Å². The van der Waals surface area contributed by atoms with Gasteiger partial charge >= 0.3 is 5.97 Å². The zero-order valence-corrected chi connectivity index (χ0v) is 11.3. The zero-order chi connectivity index (χ0) is 14.1. The topological polar surface area (TPSA) is 80.9 Å². The summed E-state index contributed by atoms with van der Waals surface area (Å²) in [5.41, 5.74) is 0.197. The van der Waals surface area contributed by atoms with E-state index in [1.54, 1.807) is 17.0 Å². The number of rotatable bonds is 3. The molecule has 20 heavy (non-hydrogen) atoms. The highest BCUT2D eigenvalue weighted by Crippen LogP contribution is 2.31. The predicted octanol–water partition coefficient (Wildman–Crippen LogP) is 2.21. The monoisotopic (exact) mass is 286 g/mol. The zero-order valence-electron chi connectivity index (χ0n) is 10.5. The summed E-state index contributed by atoms with van der Waals surface area (Å²) in [5.74, 6) is -0.982. The van der Waals surface area contributed by atoms with Crippen molar-refractivity contribution in [2.24, 2.45) is 7.05 Å². The van der Waals surface area contributed by atoms with Gasteiger partial charge in [0.15, 0.2) is 5.16 Å². The van der Waals surface area contributed by atoms with E-state index in [0.717, 1.165) is 5.39 Å². The molecule has 0 radical (unpaired) electrons. The fourth-order valence-corrected chi connectivity index (χ4v) is 2.72. The van der Waals surface area contributed by atoms with E-state index in [1.165, 1.54) is 18.0 Å². The summed E-state index contributed by atoms with van der Waals surface area (Å²) in [4.78, 5) is 15.5. The van der Waals surface area contributed by atoms with Gasteiger partial charge in [0.05, 0.1) is 5.56 Å². The van der Waals surface area contributed by atoms with Crippen LogP contribution in [0.1, 0.15) is 10.4 Å². The minimum absolute atomic E-state index is 0.197. The molecule has 0 spiro atoms. The number of benzene rings is 1. The van der Waals surface area contributed by atoms with Crippen LogP contribution in [0.5, 0.6) is 0 Å². The van der Waals surface area contributed by atoms with E-state index in [4.69, 9.17) is 0 Å². The Hall–Kier alpha value is -2.41. The highest BCUT2D eigenvalue weighted by molar-refractivity contribution is 7.99. The first kappa shape index (κ1) is 12.6. The lowest BCUT2D eigenvalue weighted by Gasteiger charge is -2.07. The molecule has 0 unspecified atom stereocenters. The Kier molecular flexibility index (Phi) is 3.11. The van der Waals surface area contributed by atoms with Crippen LogP contribution in [0.25, 0.3) is 10.8 Å². The molecule has 0 saturated carbocycles. The SMILES string of the molecule is Cn1cnnc1Sc1ncc(C(=O)O)c2ccccc12. The second kappa shape index (κ2) is 4.93. The van der Waals surface area contributed by atoms with Crippen molar-refractivity contribution in [3.8, 4) is 0 Å². The van der Waals surface area contributed by atoms with Gasteiger partial charge in [0.1, 0.15) is 11.4 Å². The van der Waals surface area contributed by atoms with Gasteiger partial charge < -0.3 is 9.67 Å². The largest absolute Gasteiger partial charge is 0.478 e. The number of pyridine rings is 1. The minimum Gasteiger partial charge on any atom is -0.478 e. The molecule has 0 atom stereocenters. The number of carbonyl (C=O) groups is 1. The Balaban J connectivity index is 2.15. The van der Waals surface area contributed by atoms with Gasteiger partial charge in [-0.25, -0.2) is 9.78 Å². The van der Waals surface area contributed by atoms with Gasteiger partial charge in [-0.15, -0.1) is 10.2 Å². The average Bonchev–Trinajstić information content (AvgIpc) is 2.84. The highest BCUT2D eigenvalue weighted by atomic mass is 32.2. The Bertz CT molecular complexity index is 800. The minimum atomic E-state index is -0.982. The first-order valence-electron chi connectivity index (χ1n) is 5.79. The maximum atomic E-state index is 11.2. The number of carboxylic acid groups (broad SMARTS) is 1. The van der Waals surface area contributed by atoms with Crippen molar-refractivity contribution < 1.29 is 9.90 Å². The third kappa shape index (κ3) is 2.12. The van der Waals surface area contributed by atoms with Crippen LogP contribution >= 0.6 is 11.8 Å². The van der Waals surface area contributed by atoms with Crippen molar-refractivity contribution in [3.63, 3.8) is 0 Å². The summed E-state index contributed by atoms with van der Waals surface area (Å²) in [6, 6.07) is 7.30. The second-order valence-corrected chi connectivity index (χ2v) is 5.11. The summed E-state index contributed by atoms with van der Waals surface area (Å²) in [6.45, 7) is 0. The maximum absolute atomic E-state index is 11.2. The molecule has 0 aliphatic rings. The van der Waals surface area contributed by atoms with Crippen molar-refractivity contribution in [2.45, 2.75) is 10.2 Å². The Labute approximate surface area is 118 Å². The van der Waals surface area contributed by atoms with E-state index in [9.17, 15) is 9.90 Å². The Morgan fingerprint density at radius 3 is 2.70 bits per heavy atom. The van der Waals surface area contributed by atoms with Crippen molar-refractivity contribution in [2.75, 3.05) is 0 Å². The molecule has 100 valence electrons. The lowest BCUT2D eigenvalue weighted by molar-refractivity contribution is 0.0698. The van der Waals surface area contributed by atoms with E-state index < -0.39 is 5.97 Å². The molecule has 2 aromatic heterocycles. The maximum Gasteiger partial charge on any atom is 0.337 e. The number of hydrogen-bond donors (Lipinski definition) is 1. The fourth-order valence-electron chi connectivity index (χ4n) is 1.87. The van der Waals surface area contributed by atoms with E-state index in [0.29, 0.717) is 15.6 Å². The van der Waals surface area contributed by atoms with Crippen molar-refractivity contribution >= 4 is 28.5 Å². The van der Waals surface area contributed by atoms with E-state index >= 15 is 0 Å². The van der Waals surface area contributed by atoms with Crippen molar-refractivity contribution in [1.29, 1.82) is 0 Å². The molecule has 3 rings (SSSR count). The molecule has 6 nitrogen and oxygen atoms in total. The molecule has 7 heteroatoms. The summed E-state index contributed by atoms with van der Waals surface area (Å²) < 4.78 is 1.78. The molecule has 2 heterocycles. The number of aryl methyl sites for hydroxylation is 1. The molecular weight excluding hydrogens is 276 g/mol. The summed E-state index contributed by atoms with van der Waals surface area (Å²) in [6.07, 6.45) is 2.99. The van der Waals surface area contributed by atoms with Crippen LogP contribution in [0.3, 0.4) is 0 Å². The van der Waals surface area contributed by atoms with Crippen LogP contribution < -0.4 is 0 Å². The van der Waals surface area contributed by atoms with Crippen LogP contribution in [0.15, 0.2) is 47.0 Å². The van der Waals surface area contributed by atoms with Crippen LogP contribution in [-0.4, -0.2) is 30.8 Å². The molecule has 0 bridgehead atoms. The lowest BCUT2D eigenvalue weighted by Crippen LogP contribution is -2.00. The highest BCUT2D eigenvalue weighted by Gasteiger charge is 2.14. The molecule has 0 amide bonds. The smallest absolute Gasteiger partial charge is 0.337 e. The van der Waals surface area contributed by atoms with Crippen LogP contribution in [0, 0.1) is 0 Å². The van der Waals surface area contributed by atoms with Gasteiger partial charge in [-0.1, -0.05) is 24.3 Å². The number of aromatic carboxylic acids is 1. The molecular formula is C13H10N4O2S. The van der Waals surface area contributed by atoms with Gasteiger partial charge in [0.25, 0.3) is 0 Å².